The van der Waals surface area contributed by atoms with Crippen LogP contribution in [0.4, 0.5) is 0 Å². The largest absolute Gasteiger partial charge is 0.478 e. The lowest BCUT2D eigenvalue weighted by Gasteiger charge is -2.07. The molecule has 0 radical (unpaired) electrons. The molecule has 5 heteroatoms. The molecule has 2 heterocycles. The van der Waals surface area contributed by atoms with Crippen LogP contribution in [0.5, 0.6) is 0 Å². The topological polar surface area (TPSA) is 75.1 Å². The first-order valence-electron chi connectivity index (χ1n) is 4.56. The first kappa shape index (κ1) is 9.08. The summed E-state index contributed by atoms with van der Waals surface area (Å²) in [6.07, 6.45) is 4.84. The molecule has 1 aromatic rings. The Labute approximate surface area is 81.2 Å². The van der Waals surface area contributed by atoms with E-state index in [2.05, 4.69) is 15.3 Å². The van der Waals surface area contributed by atoms with Crippen molar-refractivity contribution in [3.05, 3.63) is 23.8 Å². The zero-order valence-corrected chi connectivity index (χ0v) is 7.60. The van der Waals surface area contributed by atoms with Crippen molar-refractivity contribution in [2.75, 3.05) is 6.54 Å². The third-order valence-corrected chi connectivity index (χ3v) is 2.29. The summed E-state index contributed by atoms with van der Waals surface area (Å²) in [5, 5.41) is 11.9. The molecule has 1 aliphatic rings. The Morgan fingerprint density at radius 2 is 2.21 bits per heavy atom. The summed E-state index contributed by atoms with van der Waals surface area (Å²) in [6, 6.07) is 0.192. The summed E-state index contributed by atoms with van der Waals surface area (Å²) in [5.74, 6) is -0.302. The molecule has 1 fully saturated rings. The van der Waals surface area contributed by atoms with Gasteiger partial charge in [-0.15, -0.1) is 0 Å². The highest BCUT2D eigenvalue weighted by Crippen LogP contribution is 2.18. The highest BCUT2D eigenvalue weighted by atomic mass is 16.4. The average Bonchev–Trinajstić information content (AvgIpc) is 2.71. The molecule has 1 aromatic heterocycles. The number of aromatic nitrogens is 2. The number of carbonyl (C=O) groups is 1. The highest BCUT2D eigenvalue weighted by Gasteiger charge is 2.18. The van der Waals surface area contributed by atoms with Crippen molar-refractivity contribution < 1.29 is 9.90 Å². The van der Waals surface area contributed by atoms with E-state index in [1.807, 2.05) is 0 Å². The first-order chi connectivity index (χ1) is 6.77. The zero-order valence-electron chi connectivity index (χ0n) is 7.60. The summed E-state index contributed by atoms with van der Waals surface area (Å²) in [4.78, 5) is 18.6. The fraction of sp³-hybridized carbons (Fsp3) is 0.444. The van der Waals surface area contributed by atoms with Crippen molar-refractivity contribution in [2.24, 2.45) is 0 Å². The minimum absolute atomic E-state index is 0.131. The standard InChI is InChI=1S/C9H11N3O2/c13-9(14)6-4-11-8(12-5-6)7-2-1-3-10-7/h4-5,7,10H,1-3H2,(H,13,14). The zero-order chi connectivity index (χ0) is 9.97. The van der Waals surface area contributed by atoms with Gasteiger partial charge >= 0.3 is 5.97 Å². The van der Waals surface area contributed by atoms with E-state index in [1.54, 1.807) is 0 Å². The highest BCUT2D eigenvalue weighted by molar-refractivity contribution is 5.86. The molecule has 1 unspecified atom stereocenters. The van der Waals surface area contributed by atoms with Crippen LogP contribution < -0.4 is 5.32 Å². The number of hydrogen-bond donors (Lipinski definition) is 2. The van der Waals surface area contributed by atoms with E-state index in [-0.39, 0.29) is 11.6 Å². The second-order valence-corrected chi connectivity index (χ2v) is 3.28. The smallest absolute Gasteiger partial charge is 0.338 e. The molecule has 2 N–H and O–H groups in total. The van der Waals surface area contributed by atoms with Gasteiger partial charge in [0.1, 0.15) is 5.82 Å². The summed E-state index contributed by atoms with van der Waals surface area (Å²) in [5.41, 5.74) is 0.131. The molecule has 5 nitrogen and oxygen atoms in total. The quantitative estimate of drug-likeness (QED) is 0.719. The van der Waals surface area contributed by atoms with Crippen molar-refractivity contribution in [2.45, 2.75) is 18.9 Å². The number of rotatable bonds is 2. The predicted molar refractivity (Wildman–Crippen MR) is 49.0 cm³/mol. The van der Waals surface area contributed by atoms with Gasteiger partial charge < -0.3 is 10.4 Å². The van der Waals surface area contributed by atoms with Gasteiger partial charge in [-0.2, -0.15) is 0 Å². The van der Waals surface area contributed by atoms with Crippen LogP contribution >= 0.6 is 0 Å². The third-order valence-electron chi connectivity index (χ3n) is 2.29. The molecule has 1 saturated heterocycles. The normalized spacial score (nSPS) is 21.0. The van der Waals surface area contributed by atoms with E-state index in [4.69, 9.17) is 5.11 Å². The Bertz CT molecular complexity index is 330. The maximum Gasteiger partial charge on any atom is 0.338 e. The van der Waals surface area contributed by atoms with E-state index < -0.39 is 5.97 Å². The molecule has 14 heavy (non-hydrogen) atoms. The van der Waals surface area contributed by atoms with Crippen molar-refractivity contribution in [1.29, 1.82) is 0 Å². The van der Waals surface area contributed by atoms with E-state index in [9.17, 15) is 4.79 Å². The number of carboxylic acid groups (broad SMARTS) is 1. The van der Waals surface area contributed by atoms with Crippen LogP contribution in [0, 0.1) is 0 Å². The predicted octanol–water partition coefficient (Wildman–Crippen LogP) is 0.599. The summed E-state index contributed by atoms with van der Waals surface area (Å²) >= 11 is 0. The van der Waals surface area contributed by atoms with Crippen molar-refractivity contribution in [3.8, 4) is 0 Å². The van der Waals surface area contributed by atoms with Crippen LogP contribution in [-0.4, -0.2) is 27.6 Å². The Balaban J connectivity index is 2.16. The van der Waals surface area contributed by atoms with Crippen LogP contribution in [0.25, 0.3) is 0 Å². The number of aromatic carboxylic acids is 1. The van der Waals surface area contributed by atoms with E-state index in [0.29, 0.717) is 5.82 Å². The SMILES string of the molecule is O=C(O)c1cnc(C2CCCN2)nc1. The van der Waals surface area contributed by atoms with Crippen LogP contribution in [-0.2, 0) is 0 Å². The van der Waals surface area contributed by atoms with Crippen LogP contribution in [0.2, 0.25) is 0 Å². The Morgan fingerprint density at radius 1 is 1.50 bits per heavy atom. The van der Waals surface area contributed by atoms with E-state index in [1.165, 1.54) is 12.4 Å². The first-order valence-corrected chi connectivity index (χ1v) is 4.56. The Morgan fingerprint density at radius 3 is 2.71 bits per heavy atom. The van der Waals surface area contributed by atoms with Crippen LogP contribution in [0.15, 0.2) is 12.4 Å². The van der Waals surface area contributed by atoms with Crippen LogP contribution in [0.3, 0.4) is 0 Å². The lowest BCUT2D eigenvalue weighted by molar-refractivity contribution is 0.0696. The second-order valence-electron chi connectivity index (χ2n) is 3.28. The summed E-state index contributed by atoms with van der Waals surface area (Å²) < 4.78 is 0. The van der Waals surface area contributed by atoms with Crippen LogP contribution in [0.1, 0.15) is 35.1 Å². The van der Waals surface area contributed by atoms with Gasteiger partial charge in [0.2, 0.25) is 0 Å². The molecular weight excluding hydrogens is 182 g/mol. The lowest BCUT2D eigenvalue weighted by Crippen LogP contribution is -2.16. The van der Waals surface area contributed by atoms with E-state index >= 15 is 0 Å². The van der Waals surface area contributed by atoms with Crippen molar-refractivity contribution in [1.82, 2.24) is 15.3 Å². The number of carboxylic acids is 1. The maximum absolute atomic E-state index is 10.5. The summed E-state index contributed by atoms with van der Waals surface area (Å²) in [7, 11) is 0. The molecule has 0 aromatic carbocycles. The van der Waals surface area contributed by atoms with Gasteiger partial charge in [-0.1, -0.05) is 0 Å². The third kappa shape index (κ3) is 1.72. The summed E-state index contributed by atoms with van der Waals surface area (Å²) in [6.45, 7) is 0.981. The molecule has 2 rings (SSSR count). The number of nitrogens with one attached hydrogen (secondary N) is 1. The second kappa shape index (κ2) is 3.71. The molecule has 1 aliphatic heterocycles. The minimum Gasteiger partial charge on any atom is -0.478 e. The van der Waals surface area contributed by atoms with Gasteiger partial charge in [0.05, 0.1) is 11.6 Å². The Hall–Kier alpha value is -1.49. The van der Waals surface area contributed by atoms with Gasteiger partial charge in [-0.3, -0.25) is 0 Å². The van der Waals surface area contributed by atoms with Crippen molar-refractivity contribution >= 4 is 5.97 Å². The van der Waals surface area contributed by atoms with Gasteiger partial charge in [0.25, 0.3) is 0 Å². The molecule has 0 bridgehead atoms. The minimum atomic E-state index is -0.990. The number of hydrogen-bond acceptors (Lipinski definition) is 4. The van der Waals surface area contributed by atoms with Gasteiger partial charge in [0.15, 0.2) is 0 Å². The molecule has 0 amide bonds. The molecule has 0 spiro atoms. The van der Waals surface area contributed by atoms with Crippen molar-refractivity contribution in [3.63, 3.8) is 0 Å². The average molecular weight is 193 g/mol. The lowest BCUT2D eigenvalue weighted by atomic mass is 10.2. The maximum atomic E-state index is 10.5. The molecule has 0 aliphatic carbocycles. The Kier molecular flexibility index (Phi) is 2.41. The molecule has 1 atom stereocenters. The van der Waals surface area contributed by atoms with Gasteiger partial charge in [0, 0.05) is 12.4 Å². The molecular formula is C9H11N3O2. The van der Waals surface area contributed by atoms with Gasteiger partial charge in [-0.05, 0) is 19.4 Å². The fourth-order valence-corrected chi connectivity index (χ4v) is 1.53. The van der Waals surface area contributed by atoms with Gasteiger partial charge in [-0.25, -0.2) is 14.8 Å². The monoisotopic (exact) mass is 193 g/mol. The molecule has 74 valence electrons. The number of nitrogens with zero attached hydrogens (tertiary/aromatic N) is 2. The molecule has 0 saturated carbocycles. The van der Waals surface area contributed by atoms with E-state index in [0.717, 1.165) is 19.4 Å². The fourth-order valence-electron chi connectivity index (χ4n) is 1.53.